The number of fused-ring (bicyclic) bond motifs is 7. The third kappa shape index (κ3) is 5.80. The molecule has 0 bridgehead atoms. The fraction of sp³-hybridized carbons (Fsp3) is 0.738. The first-order chi connectivity index (χ1) is 23.2. The maximum atomic E-state index is 11.7. The van der Waals surface area contributed by atoms with Crippen molar-refractivity contribution in [3.63, 3.8) is 0 Å². The van der Waals surface area contributed by atoms with Gasteiger partial charge in [-0.15, -0.1) is 0 Å². The number of nitrogens with one attached hydrogen (secondary N) is 1. The lowest BCUT2D eigenvalue weighted by molar-refractivity contribution is -0.222. The van der Waals surface area contributed by atoms with E-state index in [0.717, 1.165) is 43.8 Å². The van der Waals surface area contributed by atoms with Crippen LogP contribution in [-0.2, 0) is 9.84 Å². The van der Waals surface area contributed by atoms with Gasteiger partial charge in [0.05, 0.1) is 17.1 Å². The number of sulfone groups is 1. The van der Waals surface area contributed by atoms with E-state index in [2.05, 4.69) is 63.1 Å². The molecule has 0 aromatic heterocycles. The predicted octanol–water partition coefficient (Wildman–Crippen LogP) is 8.11. The summed E-state index contributed by atoms with van der Waals surface area (Å²) in [6.45, 7) is 17.2. The van der Waals surface area contributed by atoms with Crippen LogP contribution in [0.2, 0.25) is 0 Å². The Kier molecular flexibility index (Phi) is 9.13. The highest BCUT2D eigenvalue weighted by Crippen LogP contribution is 2.77. The molecule has 1 heterocycles. The third-order valence-corrected chi connectivity index (χ3v) is 17.9. The Morgan fingerprint density at radius 1 is 0.878 bits per heavy atom. The molecule has 270 valence electrons. The van der Waals surface area contributed by atoms with Crippen molar-refractivity contribution in [3.8, 4) is 0 Å². The number of allylic oxidation sites excluding steroid dienone is 2. The van der Waals surface area contributed by atoms with Crippen molar-refractivity contribution in [1.29, 1.82) is 0 Å². The smallest absolute Gasteiger partial charge is 0.335 e. The number of aromatic carboxylic acids is 1. The Labute approximate surface area is 296 Å². The van der Waals surface area contributed by atoms with Crippen molar-refractivity contribution in [2.24, 2.45) is 50.7 Å². The Morgan fingerprint density at radius 3 is 2.33 bits per heavy atom. The predicted molar refractivity (Wildman–Crippen MR) is 199 cm³/mol. The largest absolute Gasteiger partial charge is 0.478 e. The highest BCUT2D eigenvalue weighted by molar-refractivity contribution is 7.91. The second-order valence-electron chi connectivity index (χ2n) is 18.5. The summed E-state index contributed by atoms with van der Waals surface area (Å²) in [6.07, 6.45) is 20.4. The van der Waals surface area contributed by atoms with E-state index in [4.69, 9.17) is 0 Å². The summed E-state index contributed by atoms with van der Waals surface area (Å²) >= 11 is 0. The SMILES string of the molecule is CC1(C)C(c2ccc(C(=O)O)cc2)=CC[C@@]2(C)C1CC[C@]1(C)C2CC[C@@H]2C3CCC[C@]3(CNC/C=C/CN3CCS(=O)(=O)CC3)CC[C@]21C. The van der Waals surface area contributed by atoms with Gasteiger partial charge in [0.1, 0.15) is 0 Å². The first-order valence-electron chi connectivity index (χ1n) is 19.5. The minimum atomic E-state index is -2.82. The average molecular weight is 691 g/mol. The van der Waals surface area contributed by atoms with Gasteiger partial charge in [0.25, 0.3) is 0 Å². The molecule has 1 aliphatic heterocycles. The zero-order chi connectivity index (χ0) is 34.9. The van der Waals surface area contributed by atoms with E-state index in [0.29, 0.717) is 52.3 Å². The Morgan fingerprint density at radius 2 is 1.61 bits per heavy atom. The molecular weight excluding hydrogens is 629 g/mol. The number of nitrogens with zero attached hydrogens (tertiary/aromatic N) is 1. The van der Waals surface area contributed by atoms with Crippen molar-refractivity contribution in [1.82, 2.24) is 10.2 Å². The molecule has 0 spiro atoms. The highest BCUT2D eigenvalue weighted by Gasteiger charge is 2.69. The van der Waals surface area contributed by atoms with Crippen LogP contribution in [0.4, 0.5) is 0 Å². The second-order valence-corrected chi connectivity index (χ2v) is 20.8. The van der Waals surface area contributed by atoms with Crippen LogP contribution < -0.4 is 5.32 Å². The van der Waals surface area contributed by atoms with Gasteiger partial charge in [-0.2, -0.15) is 0 Å². The molecule has 8 atom stereocenters. The first-order valence-corrected chi connectivity index (χ1v) is 21.3. The van der Waals surface area contributed by atoms with E-state index in [-0.39, 0.29) is 10.8 Å². The van der Waals surface area contributed by atoms with Crippen molar-refractivity contribution < 1.29 is 18.3 Å². The topological polar surface area (TPSA) is 86.7 Å². The molecule has 1 aromatic carbocycles. The summed E-state index contributed by atoms with van der Waals surface area (Å²) in [5.74, 6) is 2.71. The van der Waals surface area contributed by atoms with Crippen molar-refractivity contribution in [3.05, 3.63) is 53.6 Å². The molecule has 5 aliphatic carbocycles. The lowest BCUT2D eigenvalue weighted by Crippen LogP contribution is -2.65. The number of carboxylic acid groups (broad SMARTS) is 1. The van der Waals surface area contributed by atoms with Crippen molar-refractivity contribution >= 4 is 21.4 Å². The number of hydrogen-bond acceptors (Lipinski definition) is 5. The number of carboxylic acids is 1. The Hall–Kier alpha value is -1.96. The number of hydrogen-bond donors (Lipinski definition) is 2. The molecule has 0 amide bonds. The normalized spacial score (nSPS) is 41.3. The second kappa shape index (κ2) is 12.6. The summed E-state index contributed by atoms with van der Waals surface area (Å²) in [7, 11) is -2.82. The first kappa shape index (κ1) is 35.4. The molecule has 1 saturated heterocycles. The summed E-state index contributed by atoms with van der Waals surface area (Å²) < 4.78 is 23.5. The van der Waals surface area contributed by atoms with Gasteiger partial charge in [-0.3, -0.25) is 4.90 Å². The quantitative estimate of drug-likeness (QED) is 0.212. The average Bonchev–Trinajstić information content (AvgIpc) is 3.48. The zero-order valence-electron chi connectivity index (χ0n) is 30.9. The summed E-state index contributed by atoms with van der Waals surface area (Å²) in [6, 6.07) is 7.61. The molecule has 2 N–H and O–H groups in total. The highest BCUT2D eigenvalue weighted by atomic mass is 32.2. The van der Waals surface area contributed by atoms with Gasteiger partial charge in [0.2, 0.25) is 0 Å². The summed E-state index contributed by atoms with van der Waals surface area (Å²) in [5.41, 5.74) is 4.44. The molecule has 5 fully saturated rings. The number of rotatable bonds is 8. The third-order valence-electron chi connectivity index (χ3n) is 16.3. The van der Waals surface area contributed by atoms with E-state index >= 15 is 0 Å². The van der Waals surface area contributed by atoms with Gasteiger partial charge in [-0.05, 0) is 132 Å². The van der Waals surface area contributed by atoms with Crippen LogP contribution in [0.1, 0.15) is 115 Å². The van der Waals surface area contributed by atoms with Gasteiger partial charge in [-0.1, -0.05) is 71.4 Å². The van der Waals surface area contributed by atoms with Crippen molar-refractivity contribution in [2.45, 2.75) is 98.8 Å². The molecule has 1 aromatic rings. The van der Waals surface area contributed by atoms with Gasteiger partial charge < -0.3 is 10.4 Å². The van der Waals surface area contributed by atoms with E-state index in [1.165, 1.54) is 68.9 Å². The summed E-state index contributed by atoms with van der Waals surface area (Å²) in [4.78, 5) is 13.8. The fourth-order valence-corrected chi connectivity index (χ4v) is 14.8. The Bertz CT molecular complexity index is 1580. The Balaban J connectivity index is 1.04. The number of benzene rings is 1. The molecule has 7 rings (SSSR count). The van der Waals surface area contributed by atoms with Gasteiger partial charge >= 0.3 is 5.97 Å². The minimum absolute atomic E-state index is 0.0402. The van der Waals surface area contributed by atoms with Crippen LogP contribution in [0.15, 0.2) is 42.5 Å². The standard InChI is InChI=1S/C42H62N2O4S/c1-38(2)32(30-10-12-31(13-11-30)37(45)46)16-19-39(3)35(38)17-20-41(5)36(39)15-14-33-34-9-8-18-42(34,22-21-40(33,41)4)29-43-23-6-7-24-44-25-27-49(47,48)28-26-44/h6-7,10-13,16,33-36,43H,8-9,14-15,17-29H2,1-5H3,(H,45,46)/b7-6+/t33-,34?,35?,36?,39+,40-,41-,42-/m1/s1. The van der Waals surface area contributed by atoms with Crippen LogP contribution in [0.5, 0.6) is 0 Å². The lowest BCUT2D eigenvalue weighted by atomic mass is 9.32. The summed E-state index contributed by atoms with van der Waals surface area (Å²) in [5, 5.41) is 13.3. The van der Waals surface area contributed by atoms with Crippen LogP contribution in [0, 0.1) is 50.7 Å². The van der Waals surface area contributed by atoms with E-state index < -0.39 is 15.8 Å². The van der Waals surface area contributed by atoms with E-state index in [1.54, 1.807) is 12.1 Å². The lowest BCUT2D eigenvalue weighted by Gasteiger charge is -2.72. The van der Waals surface area contributed by atoms with Crippen molar-refractivity contribution in [2.75, 3.05) is 44.2 Å². The molecule has 6 nitrogen and oxygen atoms in total. The molecule has 4 saturated carbocycles. The van der Waals surface area contributed by atoms with Gasteiger partial charge in [0.15, 0.2) is 9.84 Å². The number of carbonyl (C=O) groups is 1. The van der Waals surface area contributed by atoms with Gasteiger partial charge in [0, 0.05) is 32.7 Å². The molecule has 49 heavy (non-hydrogen) atoms. The van der Waals surface area contributed by atoms with E-state index in [1.807, 2.05) is 12.1 Å². The fourth-order valence-electron chi connectivity index (χ4n) is 13.5. The minimum Gasteiger partial charge on any atom is -0.478 e. The maximum absolute atomic E-state index is 11.7. The van der Waals surface area contributed by atoms with Crippen LogP contribution in [0.25, 0.3) is 5.57 Å². The molecular formula is C42H62N2O4S. The maximum Gasteiger partial charge on any atom is 0.335 e. The molecule has 3 unspecified atom stereocenters. The van der Waals surface area contributed by atoms with Crippen LogP contribution >= 0.6 is 0 Å². The van der Waals surface area contributed by atoms with Gasteiger partial charge in [-0.25, -0.2) is 13.2 Å². The molecule has 6 aliphatic rings. The zero-order valence-corrected chi connectivity index (χ0v) is 31.7. The van der Waals surface area contributed by atoms with E-state index in [9.17, 15) is 18.3 Å². The monoisotopic (exact) mass is 690 g/mol. The van der Waals surface area contributed by atoms with Crippen LogP contribution in [-0.4, -0.2) is 68.6 Å². The van der Waals surface area contributed by atoms with Crippen LogP contribution in [0.3, 0.4) is 0 Å². The molecule has 7 heteroatoms. The molecule has 0 radical (unpaired) electrons.